The van der Waals surface area contributed by atoms with Crippen LogP contribution in [0.25, 0.3) is 0 Å². The zero-order valence-corrected chi connectivity index (χ0v) is 19.7. The van der Waals surface area contributed by atoms with Crippen LogP contribution in [0.2, 0.25) is 0 Å². The van der Waals surface area contributed by atoms with Gasteiger partial charge in [-0.15, -0.1) is 0 Å². The maximum absolute atomic E-state index is 12.9. The van der Waals surface area contributed by atoms with Crippen LogP contribution < -0.4 is 9.80 Å². The molecule has 4 aliphatic rings. The minimum atomic E-state index is 0.0406. The first-order chi connectivity index (χ1) is 14.8. The van der Waals surface area contributed by atoms with Gasteiger partial charge in [0.15, 0.2) is 0 Å². The van der Waals surface area contributed by atoms with Crippen LogP contribution in [0, 0.1) is 37.0 Å². The molecule has 2 aliphatic carbocycles. The summed E-state index contributed by atoms with van der Waals surface area (Å²) in [6, 6.07) is 6.76. The predicted octanol–water partition coefficient (Wildman–Crippen LogP) is 3.32. The smallest absolute Gasteiger partial charge is 0.315 e. The number of carbonyl (C=O) groups is 1. The summed E-state index contributed by atoms with van der Waals surface area (Å²) in [4.78, 5) is 17.0. The van der Waals surface area contributed by atoms with Gasteiger partial charge in [-0.1, -0.05) is 49.6 Å². The topological polar surface area (TPSA) is 34.0 Å². The van der Waals surface area contributed by atoms with E-state index in [0.29, 0.717) is 11.8 Å². The molecule has 2 heterocycles. The molecule has 3 fully saturated rings. The van der Waals surface area contributed by atoms with Crippen LogP contribution >= 0.6 is 0 Å². The Morgan fingerprint density at radius 3 is 2.74 bits per heavy atom. The van der Waals surface area contributed by atoms with Gasteiger partial charge in [0.2, 0.25) is 0 Å². The number of fused-ring (bicyclic) bond motifs is 2. The SMILES string of the molecule is Cc1ccc(N2CC[NH+](C[C@@H]3C(=O)O[C@H]4C[C@]5(C)CCC[C@@H](C)C5=C[C@@H]43)CC2)c(C)c1. The summed E-state index contributed by atoms with van der Waals surface area (Å²) in [7, 11) is 0. The van der Waals surface area contributed by atoms with Crippen molar-refractivity contribution in [1.29, 1.82) is 0 Å². The number of nitrogens with zero attached hydrogens (tertiary/aromatic N) is 1. The molecule has 1 N–H and O–H groups in total. The lowest BCUT2D eigenvalue weighted by molar-refractivity contribution is -0.903. The summed E-state index contributed by atoms with van der Waals surface area (Å²) < 4.78 is 5.98. The van der Waals surface area contributed by atoms with Crippen LogP contribution in [-0.2, 0) is 9.53 Å². The van der Waals surface area contributed by atoms with Crippen molar-refractivity contribution in [3.05, 3.63) is 41.0 Å². The van der Waals surface area contributed by atoms with Gasteiger partial charge in [0, 0.05) is 11.6 Å². The van der Waals surface area contributed by atoms with Crippen molar-refractivity contribution in [3.8, 4) is 0 Å². The molecule has 0 amide bonds. The highest BCUT2D eigenvalue weighted by Crippen LogP contribution is 2.53. The van der Waals surface area contributed by atoms with E-state index in [-0.39, 0.29) is 23.4 Å². The molecule has 5 rings (SSSR count). The van der Waals surface area contributed by atoms with E-state index in [2.05, 4.69) is 56.9 Å². The molecule has 1 saturated carbocycles. The molecule has 0 bridgehead atoms. The monoisotopic (exact) mass is 423 g/mol. The second kappa shape index (κ2) is 7.95. The van der Waals surface area contributed by atoms with Gasteiger partial charge in [-0.05, 0) is 56.1 Å². The van der Waals surface area contributed by atoms with Crippen molar-refractivity contribution < 1.29 is 14.4 Å². The van der Waals surface area contributed by atoms with Crippen LogP contribution in [0.5, 0.6) is 0 Å². The number of allylic oxidation sites excluding steroid dienone is 1. The lowest BCUT2D eigenvalue weighted by atomic mass is 9.59. The summed E-state index contributed by atoms with van der Waals surface area (Å²) in [5, 5.41) is 0. The molecule has 4 heteroatoms. The maximum atomic E-state index is 12.9. The fraction of sp³-hybridized carbons (Fsp3) is 0.667. The molecule has 1 aromatic carbocycles. The minimum absolute atomic E-state index is 0.0406. The van der Waals surface area contributed by atoms with Crippen LogP contribution in [0.1, 0.15) is 50.7 Å². The second-order valence-corrected chi connectivity index (χ2v) is 11.1. The van der Waals surface area contributed by atoms with Crippen molar-refractivity contribution in [1.82, 2.24) is 0 Å². The van der Waals surface area contributed by atoms with Gasteiger partial charge in [0.25, 0.3) is 0 Å². The highest BCUT2D eigenvalue weighted by Gasteiger charge is 2.52. The first-order valence-electron chi connectivity index (χ1n) is 12.4. The number of anilines is 1. The Bertz CT molecular complexity index is 885. The number of ether oxygens (including phenoxy) is 1. The number of esters is 1. The molecule has 5 atom stereocenters. The van der Waals surface area contributed by atoms with Gasteiger partial charge < -0.3 is 14.5 Å². The number of hydrogen-bond acceptors (Lipinski definition) is 3. The number of hydrogen-bond donors (Lipinski definition) is 1. The standard InChI is InChI=1S/C27H38N2O2/c1-18-7-8-24(20(3)14-18)29-12-10-28(11-13-29)17-22-21-15-23-19(2)6-5-9-27(23,4)16-25(21)31-26(22)30/h7-8,14-15,19,21-22,25H,5-6,9-13,16-17H2,1-4H3/p+1/t19-,21-,22+,25+,27+/m1/s1. The van der Waals surface area contributed by atoms with E-state index < -0.39 is 0 Å². The molecule has 168 valence electrons. The summed E-state index contributed by atoms with van der Waals surface area (Å²) in [5.74, 6) is 1.05. The molecule has 31 heavy (non-hydrogen) atoms. The van der Waals surface area contributed by atoms with Gasteiger partial charge in [0.1, 0.15) is 12.0 Å². The quantitative estimate of drug-likeness (QED) is 0.598. The molecule has 1 aromatic rings. The van der Waals surface area contributed by atoms with Gasteiger partial charge in [0.05, 0.1) is 32.7 Å². The normalized spacial score (nSPS) is 35.9. The average Bonchev–Trinajstić information content (AvgIpc) is 3.01. The zero-order valence-electron chi connectivity index (χ0n) is 19.7. The van der Waals surface area contributed by atoms with E-state index in [4.69, 9.17) is 4.74 Å². The molecule has 0 spiro atoms. The molecular weight excluding hydrogens is 384 g/mol. The van der Waals surface area contributed by atoms with E-state index in [1.807, 2.05) is 0 Å². The van der Waals surface area contributed by atoms with E-state index in [9.17, 15) is 4.79 Å². The van der Waals surface area contributed by atoms with Crippen LogP contribution in [-0.4, -0.2) is 44.8 Å². The second-order valence-electron chi connectivity index (χ2n) is 11.1. The van der Waals surface area contributed by atoms with E-state index >= 15 is 0 Å². The summed E-state index contributed by atoms with van der Waals surface area (Å²) >= 11 is 0. The third-order valence-electron chi connectivity index (χ3n) is 8.75. The molecule has 2 saturated heterocycles. The number of aryl methyl sites for hydroxylation is 2. The Balaban J connectivity index is 1.26. The number of piperazine rings is 1. The maximum Gasteiger partial charge on any atom is 0.315 e. The zero-order chi connectivity index (χ0) is 21.8. The molecule has 4 nitrogen and oxygen atoms in total. The Hall–Kier alpha value is -1.81. The first-order valence-corrected chi connectivity index (χ1v) is 12.4. The number of carbonyl (C=O) groups excluding carboxylic acids is 1. The highest BCUT2D eigenvalue weighted by atomic mass is 16.6. The van der Waals surface area contributed by atoms with E-state index in [1.165, 1.54) is 36.1 Å². The number of quaternary nitrogens is 1. The molecule has 2 aliphatic heterocycles. The summed E-state index contributed by atoms with van der Waals surface area (Å²) in [6.45, 7) is 14.4. The lowest BCUT2D eigenvalue weighted by Gasteiger charge is -2.46. The molecule has 0 radical (unpaired) electrons. The summed E-state index contributed by atoms with van der Waals surface area (Å²) in [5.41, 5.74) is 5.93. The minimum Gasteiger partial charge on any atom is -0.461 e. The van der Waals surface area contributed by atoms with Crippen molar-refractivity contribution in [3.63, 3.8) is 0 Å². The molecule has 0 aromatic heterocycles. The van der Waals surface area contributed by atoms with Gasteiger partial charge in [-0.2, -0.15) is 0 Å². The van der Waals surface area contributed by atoms with Gasteiger partial charge in [-0.25, -0.2) is 0 Å². The van der Waals surface area contributed by atoms with E-state index in [1.54, 1.807) is 10.5 Å². The van der Waals surface area contributed by atoms with Crippen LogP contribution in [0.4, 0.5) is 5.69 Å². The van der Waals surface area contributed by atoms with Crippen LogP contribution in [0.15, 0.2) is 29.8 Å². The number of rotatable bonds is 3. The lowest BCUT2D eigenvalue weighted by Crippen LogP contribution is -3.15. The average molecular weight is 424 g/mol. The fourth-order valence-electron chi connectivity index (χ4n) is 7.02. The molecular formula is C27H39N2O2+. The Morgan fingerprint density at radius 1 is 1.23 bits per heavy atom. The number of benzene rings is 1. The Morgan fingerprint density at radius 2 is 2.00 bits per heavy atom. The van der Waals surface area contributed by atoms with Crippen molar-refractivity contribution in [2.75, 3.05) is 37.6 Å². The first kappa shape index (κ1) is 21.1. The van der Waals surface area contributed by atoms with Crippen molar-refractivity contribution >= 4 is 11.7 Å². The van der Waals surface area contributed by atoms with Crippen molar-refractivity contribution in [2.45, 2.75) is 59.5 Å². The summed E-state index contributed by atoms with van der Waals surface area (Å²) in [6.07, 6.45) is 7.49. The molecule has 0 unspecified atom stereocenters. The van der Waals surface area contributed by atoms with Gasteiger partial charge in [-0.3, -0.25) is 4.79 Å². The number of nitrogens with one attached hydrogen (secondary N) is 1. The predicted molar refractivity (Wildman–Crippen MR) is 124 cm³/mol. The third-order valence-corrected chi connectivity index (χ3v) is 8.75. The van der Waals surface area contributed by atoms with Crippen LogP contribution in [0.3, 0.4) is 0 Å². The Kier molecular flexibility index (Phi) is 5.40. The Labute approximate surface area is 187 Å². The fourth-order valence-corrected chi connectivity index (χ4v) is 7.02. The van der Waals surface area contributed by atoms with Crippen molar-refractivity contribution in [2.24, 2.45) is 23.2 Å². The third kappa shape index (κ3) is 3.82. The largest absolute Gasteiger partial charge is 0.461 e. The van der Waals surface area contributed by atoms with E-state index in [0.717, 1.165) is 39.1 Å². The van der Waals surface area contributed by atoms with Gasteiger partial charge >= 0.3 is 5.97 Å². The highest BCUT2D eigenvalue weighted by molar-refractivity contribution is 5.76.